The van der Waals surface area contributed by atoms with Gasteiger partial charge in [-0.25, -0.2) is 0 Å². The van der Waals surface area contributed by atoms with Crippen LogP contribution in [0.5, 0.6) is 5.75 Å². The van der Waals surface area contributed by atoms with Crippen LogP contribution in [0.4, 0.5) is 0 Å². The Bertz CT molecular complexity index is 1120. The van der Waals surface area contributed by atoms with E-state index < -0.39 is 82.7 Å². The summed E-state index contributed by atoms with van der Waals surface area (Å²) in [5, 5.41) is 43.1. The van der Waals surface area contributed by atoms with Crippen molar-refractivity contribution in [3.05, 3.63) is 34.9 Å². The Kier molecular flexibility index (Phi) is 5.62. The zero-order valence-electron chi connectivity index (χ0n) is 17.4. The van der Waals surface area contributed by atoms with Gasteiger partial charge in [0.2, 0.25) is 11.7 Å². The zero-order chi connectivity index (χ0) is 24.4. The van der Waals surface area contributed by atoms with E-state index in [1.807, 2.05) is 0 Å². The van der Waals surface area contributed by atoms with E-state index in [0.29, 0.717) is 5.56 Å². The second kappa shape index (κ2) is 7.93. The normalized spacial score (nSPS) is 35.4. The van der Waals surface area contributed by atoms with Gasteiger partial charge in [0.25, 0.3) is 0 Å². The largest absolute Gasteiger partial charge is 0.507 e. The summed E-state index contributed by atoms with van der Waals surface area (Å²) in [7, 11) is 0. The maximum absolute atomic E-state index is 13.6. The van der Waals surface area contributed by atoms with E-state index >= 15 is 0 Å². The molecule has 1 amide bonds. The van der Waals surface area contributed by atoms with Gasteiger partial charge in [0.1, 0.15) is 28.9 Å². The Morgan fingerprint density at radius 2 is 1.94 bits per heavy atom. The van der Waals surface area contributed by atoms with E-state index in [2.05, 4.69) is 15.9 Å². The van der Waals surface area contributed by atoms with Crippen LogP contribution in [0.3, 0.4) is 0 Å². The number of hydrogen-bond donors (Lipinski definition) is 5. The lowest BCUT2D eigenvalue weighted by molar-refractivity contribution is -0.194. The molecule has 0 radical (unpaired) electrons. The smallest absolute Gasteiger partial charge is 0.316 e. The van der Waals surface area contributed by atoms with Crippen molar-refractivity contribution >= 4 is 45.1 Å². The summed E-state index contributed by atoms with van der Waals surface area (Å²) in [4.78, 5) is 50.9. The third-order valence-corrected chi connectivity index (χ3v) is 7.49. The average molecular weight is 524 g/mol. The van der Waals surface area contributed by atoms with Gasteiger partial charge in [-0.15, -0.1) is 0 Å². The third kappa shape index (κ3) is 3.13. The second-order valence-corrected chi connectivity index (χ2v) is 9.22. The molecule has 0 heterocycles. The van der Waals surface area contributed by atoms with Crippen molar-refractivity contribution in [2.45, 2.75) is 37.1 Å². The maximum atomic E-state index is 13.6. The molecule has 2 saturated carbocycles. The van der Waals surface area contributed by atoms with Gasteiger partial charge in [-0.1, -0.05) is 35.0 Å². The van der Waals surface area contributed by atoms with E-state index in [1.165, 1.54) is 6.07 Å². The number of rotatable bonds is 3. The molecule has 2 unspecified atom stereocenters. The standard InChI is InChI=1S/C22H22BrNO9/c1-7-8-3-2-4-10(25)14(8)17(28)16-13(7)18(33-12(27)6-23)9-5-11(26)15(21(24)31)19(29)22(9,32)20(16)30/h2-4,7,9,11,13,15,18,25-26,28,32H,5-6H2,1H3,(H2,24,31)/t7-,9+,11?,13+,15?,18+,22+/m0/s1. The molecule has 0 aromatic heterocycles. The first-order valence-corrected chi connectivity index (χ1v) is 11.4. The molecule has 176 valence electrons. The Morgan fingerprint density at radius 3 is 2.55 bits per heavy atom. The van der Waals surface area contributed by atoms with Crippen molar-refractivity contribution in [1.82, 2.24) is 0 Å². The number of aliphatic hydroxyl groups excluding tert-OH is 2. The number of ether oxygens (including phenoxy) is 1. The zero-order valence-corrected chi connectivity index (χ0v) is 19.0. The van der Waals surface area contributed by atoms with Gasteiger partial charge in [0.15, 0.2) is 11.4 Å². The fourth-order valence-electron chi connectivity index (χ4n) is 5.57. The number of alkyl halides is 1. The third-order valence-electron chi connectivity index (χ3n) is 7.03. The number of benzene rings is 1. The number of fused-ring (bicyclic) bond motifs is 3. The highest BCUT2D eigenvalue weighted by atomic mass is 79.9. The number of amides is 1. The quantitative estimate of drug-likeness (QED) is 0.207. The van der Waals surface area contributed by atoms with E-state index in [0.717, 1.165) is 0 Å². The first-order valence-electron chi connectivity index (χ1n) is 10.3. The van der Waals surface area contributed by atoms with Gasteiger partial charge in [-0.05, 0) is 24.0 Å². The summed E-state index contributed by atoms with van der Waals surface area (Å²) >= 11 is 2.98. The topological polar surface area (TPSA) is 184 Å². The molecule has 1 aromatic carbocycles. The number of primary amides is 1. The Morgan fingerprint density at radius 1 is 1.27 bits per heavy atom. The lowest BCUT2D eigenvalue weighted by Gasteiger charge is -2.53. The van der Waals surface area contributed by atoms with Crippen LogP contribution in [-0.2, 0) is 23.9 Å². The molecule has 0 bridgehead atoms. The highest BCUT2D eigenvalue weighted by Gasteiger charge is 2.68. The van der Waals surface area contributed by atoms with Crippen LogP contribution in [0.1, 0.15) is 30.4 Å². The van der Waals surface area contributed by atoms with Crippen LogP contribution in [0.15, 0.2) is 23.8 Å². The number of aromatic hydroxyl groups is 1. The van der Waals surface area contributed by atoms with Gasteiger partial charge in [-0.2, -0.15) is 0 Å². The molecule has 6 N–H and O–H groups in total. The van der Waals surface area contributed by atoms with Crippen LogP contribution in [0, 0.1) is 17.8 Å². The lowest BCUT2D eigenvalue weighted by atomic mass is 9.53. The predicted molar refractivity (Wildman–Crippen MR) is 115 cm³/mol. The molecular weight excluding hydrogens is 502 g/mol. The Balaban J connectivity index is 1.99. The number of esters is 1. The highest BCUT2D eigenvalue weighted by molar-refractivity contribution is 9.09. The molecule has 33 heavy (non-hydrogen) atoms. The molecule has 0 aliphatic heterocycles. The van der Waals surface area contributed by atoms with Crippen molar-refractivity contribution < 1.29 is 44.3 Å². The van der Waals surface area contributed by atoms with Crippen molar-refractivity contribution in [3.63, 3.8) is 0 Å². The van der Waals surface area contributed by atoms with Gasteiger partial charge >= 0.3 is 5.97 Å². The minimum Gasteiger partial charge on any atom is -0.507 e. The SMILES string of the molecule is C[C@H]1c2cccc(O)c2C(O)=C2C(=O)[C@]3(O)C(=O)C(C(N)=O)C(O)C[C@@H]3[C@@H](OC(=O)CBr)[C@@H]21. The fraction of sp³-hybridized carbons (Fsp3) is 0.455. The molecular formula is C22H22BrNO9. The molecule has 3 aliphatic carbocycles. The van der Waals surface area contributed by atoms with Gasteiger partial charge in [-0.3, -0.25) is 19.2 Å². The maximum Gasteiger partial charge on any atom is 0.316 e. The first-order chi connectivity index (χ1) is 15.5. The lowest BCUT2D eigenvalue weighted by Crippen LogP contribution is -2.71. The molecule has 1 aromatic rings. The highest BCUT2D eigenvalue weighted by Crippen LogP contribution is 2.55. The first kappa shape index (κ1) is 23.4. The number of Topliss-reactive ketones (excluding diaryl/α,β-unsaturated/α-hetero) is 2. The molecule has 3 aliphatic rings. The van der Waals surface area contributed by atoms with E-state index in [-0.39, 0.29) is 16.6 Å². The van der Waals surface area contributed by atoms with E-state index in [9.17, 15) is 39.6 Å². The molecule has 11 heteroatoms. The number of aliphatic hydroxyl groups is 3. The van der Waals surface area contributed by atoms with E-state index in [1.54, 1.807) is 19.1 Å². The molecule has 0 spiro atoms. The summed E-state index contributed by atoms with van der Waals surface area (Å²) in [6.07, 6.45) is -3.34. The number of phenolic OH excluding ortho intramolecular Hbond substituents is 1. The minimum absolute atomic E-state index is 0.0352. The number of halogens is 1. The van der Waals surface area contributed by atoms with Crippen LogP contribution in [0.25, 0.3) is 5.76 Å². The Labute approximate surface area is 196 Å². The number of nitrogens with two attached hydrogens (primary N) is 1. The van der Waals surface area contributed by atoms with Crippen molar-refractivity contribution in [3.8, 4) is 5.75 Å². The van der Waals surface area contributed by atoms with Crippen LogP contribution < -0.4 is 5.73 Å². The molecule has 4 rings (SSSR count). The van der Waals surface area contributed by atoms with E-state index in [4.69, 9.17) is 10.5 Å². The second-order valence-electron chi connectivity index (χ2n) is 8.66. The number of ketones is 2. The molecule has 10 nitrogen and oxygen atoms in total. The van der Waals surface area contributed by atoms with Crippen LogP contribution >= 0.6 is 15.9 Å². The van der Waals surface area contributed by atoms with Crippen LogP contribution in [-0.4, -0.2) is 67.0 Å². The predicted octanol–water partition coefficient (Wildman–Crippen LogP) is 0.0665. The summed E-state index contributed by atoms with van der Waals surface area (Å²) < 4.78 is 5.56. The van der Waals surface area contributed by atoms with Crippen LogP contribution in [0.2, 0.25) is 0 Å². The molecule has 7 atom stereocenters. The Hall–Kier alpha value is -2.76. The number of carbonyl (C=O) groups is 4. The summed E-state index contributed by atoms with van der Waals surface area (Å²) in [6, 6.07) is 4.49. The number of carbonyl (C=O) groups excluding carboxylic acids is 4. The van der Waals surface area contributed by atoms with Gasteiger partial charge < -0.3 is 30.9 Å². The van der Waals surface area contributed by atoms with Crippen molar-refractivity contribution in [2.24, 2.45) is 23.5 Å². The summed E-state index contributed by atoms with van der Waals surface area (Å²) in [5.74, 6) is -10.3. The number of hydrogen-bond acceptors (Lipinski definition) is 9. The fourth-order valence-corrected chi connectivity index (χ4v) is 5.70. The monoisotopic (exact) mass is 523 g/mol. The van der Waals surface area contributed by atoms with Crippen molar-refractivity contribution in [2.75, 3.05) is 5.33 Å². The minimum atomic E-state index is -2.88. The van der Waals surface area contributed by atoms with Gasteiger partial charge in [0, 0.05) is 17.4 Å². The molecule has 0 saturated heterocycles. The molecule has 2 fully saturated rings. The average Bonchev–Trinajstić information content (AvgIpc) is 2.75. The van der Waals surface area contributed by atoms with Gasteiger partial charge in [0.05, 0.1) is 11.7 Å². The van der Waals surface area contributed by atoms with Crippen molar-refractivity contribution in [1.29, 1.82) is 0 Å². The number of phenols is 1. The summed E-state index contributed by atoms with van der Waals surface area (Å²) in [5.41, 5.74) is 2.41. The summed E-state index contributed by atoms with van der Waals surface area (Å²) in [6.45, 7) is 1.69.